The highest BCUT2D eigenvalue weighted by Gasteiger charge is 2.22. The van der Waals surface area contributed by atoms with E-state index in [1.807, 2.05) is 30.3 Å². The standard InChI is InChI=1S/C17H19N3O3S/c1-12(21)18-16-19-14-7-9-20(10-8-15(14)24-16)17(22)23-11-13-5-3-2-4-6-13/h2-6H,7-11H2,1H3,(H,18,19,21). The summed E-state index contributed by atoms with van der Waals surface area (Å²) in [5.74, 6) is -0.120. The van der Waals surface area contributed by atoms with E-state index in [0.29, 0.717) is 24.6 Å². The van der Waals surface area contributed by atoms with Gasteiger partial charge in [-0.15, -0.1) is 11.3 Å². The molecule has 0 unspecified atom stereocenters. The molecule has 0 aliphatic carbocycles. The minimum atomic E-state index is -0.295. The minimum absolute atomic E-state index is 0.120. The Morgan fingerprint density at radius 1 is 1.25 bits per heavy atom. The second-order valence-corrected chi connectivity index (χ2v) is 6.68. The first kappa shape index (κ1) is 16.4. The summed E-state index contributed by atoms with van der Waals surface area (Å²) < 4.78 is 5.39. The third-order valence-electron chi connectivity index (χ3n) is 3.75. The van der Waals surface area contributed by atoms with E-state index < -0.39 is 0 Å². The molecule has 2 aromatic rings. The van der Waals surface area contributed by atoms with Crippen molar-refractivity contribution in [2.75, 3.05) is 18.4 Å². The fourth-order valence-corrected chi connectivity index (χ4v) is 3.60. The Hall–Kier alpha value is -2.41. The molecule has 6 nitrogen and oxygen atoms in total. The van der Waals surface area contributed by atoms with Crippen LogP contribution in [0.1, 0.15) is 23.1 Å². The van der Waals surface area contributed by atoms with E-state index >= 15 is 0 Å². The predicted octanol–water partition coefficient (Wildman–Crippen LogP) is 2.84. The quantitative estimate of drug-likeness (QED) is 0.928. The average molecular weight is 345 g/mol. The molecule has 0 bridgehead atoms. The zero-order valence-corrected chi connectivity index (χ0v) is 14.3. The van der Waals surface area contributed by atoms with Crippen molar-refractivity contribution in [3.8, 4) is 0 Å². The number of nitrogens with zero attached hydrogens (tertiary/aromatic N) is 2. The van der Waals surface area contributed by atoms with E-state index in [0.717, 1.165) is 22.6 Å². The molecule has 1 aliphatic heterocycles. The number of ether oxygens (including phenoxy) is 1. The van der Waals surface area contributed by atoms with Crippen molar-refractivity contribution < 1.29 is 14.3 Å². The number of aromatic nitrogens is 1. The van der Waals surface area contributed by atoms with Crippen molar-refractivity contribution in [3.05, 3.63) is 46.5 Å². The van der Waals surface area contributed by atoms with Gasteiger partial charge in [0, 0.05) is 37.7 Å². The molecule has 1 N–H and O–H groups in total. The van der Waals surface area contributed by atoms with Crippen LogP contribution in [0.2, 0.25) is 0 Å². The Morgan fingerprint density at radius 2 is 2.00 bits per heavy atom. The number of benzene rings is 1. The lowest BCUT2D eigenvalue weighted by atomic mass is 10.2. The van der Waals surface area contributed by atoms with E-state index in [9.17, 15) is 9.59 Å². The lowest BCUT2D eigenvalue weighted by Crippen LogP contribution is -2.33. The predicted molar refractivity (Wildman–Crippen MR) is 92.0 cm³/mol. The molecule has 0 spiro atoms. The Balaban J connectivity index is 1.55. The molecule has 0 saturated carbocycles. The number of hydrogen-bond donors (Lipinski definition) is 1. The molecule has 126 valence electrons. The number of rotatable bonds is 3. The van der Waals surface area contributed by atoms with Gasteiger partial charge >= 0.3 is 6.09 Å². The average Bonchev–Trinajstić information content (AvgIpc) is 2.83. The van der Waals surface area contributed by atoms with Gasteiger partial charge in [0.2, 0.25) is 5.91 Å². The van der Waals surface area contributed by atoms with E-state index in [2.05, 4.69) is 10.3 Å². The van der Waals surface area contributed by atoms with Crippen molar-refractivity contribution in [2.45, 2.75) is 26.4 Å². The molecule has 7 heteroatoms. The van der Waals surface area contributed by atoms with Crippen molar-refractivity contribution in [2.24, 2.45) is 0 Å². The first-order valence-corrected chi connectivity index (χ1v) is 8.65. The third-order valence-corrected chi connectivity index (χ3v) is 4.82. The number of fused-ring (bicyclic) bond motifs is 1. The molecule has 0 saturated heterocycles. The number of thiazole rings is 1. The maximum atomic E-state index is 12.2. The first-order valence-electron chi connectivity index (χ1n) is 7.83. The summed E-state index contributed by atoms with van der Waals surface area (Å²) in [5.41, 5.74) is 1.93. The first-order chi connectivity index (χ1) is 11.6. The maximum Gasteiger partial charge on any atom is 0.410 e. The van der Waals surface area contributed by atoms with Gasteiger partial charge in [0.05, 0.1) is 5.69 Å². The van der Waals surface area contributed by atoms with Gasteiger partial charge in [0.1, 0.15) is 6.61 Å². The molecule has 24 heavy (non-hydrogen) atoms. The maximum absolute atomic E-state index is 12.2. The fraction of sp³-hybridized carbons (Fsp3) is 0.353. The Labute approximate surface area is 144 Å². The number of anilines is 1. The van der Waals surface area contributed by atoms with Gasteiger partial charge in [0.15, 0.2) is 5.13 Å². The molecule has 1 aromatic carbocycles. The van der Waals surface area contributed by atoms with Crippen molar-refractivity contribution in [3.63, 3.8) is 0 Å². The van der Waals surface area contributed by atoms with Crippen LogP contribution in [0.25, 0.3) is 0 Å². The van der Waals surface area contributed by atoms with Crippen molar-refractivity contribution >= 4 is 28.5 Å². The summed E-state index contributed by atoms with van der Waals surface area (Å²) in [6, 6.07) is 9.64. The molecular weight excluding hydrogens is 326 g/mol. The summed E-state index contributed by atoms with van der Waals surface area (Å²) in [6.45, 7) is 2.92. The highest BCUT2D eigenvalue weighted by molar-refractivity contribution is 7.15. The van der Waals surface area contributed by atoms with Gasteiger partial charge in [-0.1, -0.05) is 30.3 Å². The van der Waals surface area contributed by atoms with Crippen LogP contribution in [0.3, 0.4) is 0 Å². The minimum Gasteiger partial charge on any atom is -0.445 e. The SMILES string of the molecule is CC(=O)Nc1nc2c(s1)CCN(C(=O)OCc1ccccc1)CC2. The van der Waals surface area contributed by atoms with Crippen LogP contribution in [0, 0.1) is 0 Å². The van der Waals surface area contributed by atoms with Crippen LogP contribution in [-0.4, -0.2) is 35.0 Å². The number of amides is 2. The smallest absolute Gasteiger partial charge is 0.410 e. The van der Waals surface area contributed by atoms with Crippen LogP contribution in [0.15, 0.2) is 30.3 Å². The van der Waals surface area contributed by atoms with E-state index in [1.165, 1.54) is 18.3 Å². The van der Waals surface area contributed by atoms with Gasteiger partial charge in [-0.3, -0.25) is 4.79 Å². The summed E-state index contributed by atoms with van der Waals surface area (Å²) in [6.07, 6.45) is 1.11. The lowest BCUT2D eigenvalue weighted by Gasteiger charge is -2.19. The van der Waals surface area contributed by atoms with Gasteiger partial charge in [0.25, 0.3) is 0 Å². The Kier molecular flexibility index (Phi) is 5.10. The highest BCUT2D eigenvalue weighted by Crippen LogP contribution is 2.26. The van der Waals surface area contributed by atoms with Crippen LogP contribution in [0.4, 0.5) is 9.93 Å². The second-order valence-electron chi connectivity index (χ2n) is 5.60. The highest BCUT2D eigenvalue weighted by atomic mass is 32.1. The van der Waals surface area contributed by atoms with Gasteiger partial charge in [-0.05, 0) is 5.56 Å². The molecule has 2 heterocycles. The molecule has 1 aliphatic rings. The molecular formula is C17H19N3O3S. The van der Waals surface area contributed by atoms with E-state index in [-0.39, 0.29) is 18.6 Å². The van der Waals surface area contributed by atoms with Crippen molar-refractivity contribution in [1.29, 1.82) is 0 Å². The lowest BCUT2D eigenvalue weighted by molar-refractivity contribution is -0.114. The number of carbonyl (C=O) groups excluding carboxylic acids is 2. The largest absolute Gasteiger partial charge is 0.445 e. The van der Waals surface area contributed by atoms with Crippen LogP contribution in [0.5, 0.6) is 0 Å². The van der Waals surface area contributed by atoms with Crippen molar-refractivity contribution in [1.82, 2.24) is 9.88 Å². The van der Waals surface area contributed by atoms with E-state index in [4.69, 9.17) is 4.74 Å². The normalized spacial score (nSPS) is 13.8. The van der Waals surface area contributed by atoms with Gasteiger partial charge < -0.3 is 15.0 Å². The molecule has 3 rings (SSSR count). The topological polar surface area (TPSA) is 71.5 Å². The summed E-state index contributed by atoms with van der Waals surface area (Å²) in [7, 11) is 0. The molecule has 2 amide bonds. The molecule has 0 radical (unpaired) electrons. The molecule has 0 atom stereocenters. The van der Waals surface area contributed by atoms with Gasteiger partial charge in [-0.25, -0.2) is 9.78 Å². The number of nitrogens with one attached hydrogen (secondary N) is 1. The summed E-state index contributed by atoms with van der Waals surface area (Å²) >= 11 is 1.48. The Bertz CT molecular complexity index is 704. The van der Waals surface area contributed by atoms with E-state index in [1.54, 1.807) is 4.90 Å². The fourth-order valence-electron chi connectivity index (χ4n) is 2.56. The summed E-state index contributed by atoms with van der Waals surface area (Å²) in [5, 5.41) is 3.35. The zero-order chi connectivity index (χ0) is 16.9. The third kappa shape index (κ3) is 4.11. The zero-order valence-electron chi connectivity index (χ0n) is 13.4. The number of hydrogen-bond acceptors (Lipinski definition) is 5. The molecule has 0 fully saturated rings. The van der Waals surface area contributed by atoms with Crippen LogP contribution < -0.4 is 5.32 Å². The monoisotopic (exact) mass is 345 g/mol. The van der Waals surface area contributed by atoms with Crippen LogP contribution in [-0.2, 0) is 29.0 Å². The Morgan fingerprint density at radius 3 is 2.75 bits per heavy atom. The van der Waals surface area contributed by atoms with Crippen LogP contribution >= 0.6 is 11.3 Å². The molecule has 1 aromatic heterocycles. The number of carbonyl (C=O) groups is 2. The van der Waals surface area contributed by atoms with Gasteiger partial charge in [-0.2, -0.15) is 0 Å². The second kappa shape index (κ2) is 7.44. The summed E-state index contributed by atoms with van der Waals surface area (Å²) in [4.78, 5) is 30.6.